The van der Waals surface area contributed by atoms with E-state index in [1.54, 1.807) is 6.20 Å². The fourth-order valence-electron chi connectivity index (χ4n) is 3.34. The van der Waals surface area contributed by atoms with Crippen LogP contribution in [0.2, 0.25) is 0 Å². The minimum atomic E-state index is -0.0343. The van der Waals surface area contributed by atoms with E-state index in [1.165, 1.54) is 12.8 Å². The average molecular weight is 318 g/mol. The van der Waals surface area contributed by atoms with Gasteiger partial charge in [0.15, 0.2) is 0 Å². The SMILES string of the molecule is CCCN(CC)c1ccc(C(=O)NC2CCCCC2CN)cn1. The fraction of sp³-hybridized carbons (Fsp3) is 0.667. The third-order valence-corrected chi connectivity index (χ3v) is 4.74. The Morgan fingerprint density at radius 1 is 1.35 bits per heavy atom. The molecule has 5 heteroatoms. The first-order valence-corrected chi connectivity index (χ1v) is 8.91. The highest BCUT2D eigenvalue weighted by Gasteiger charge is 2.25. The van der Waals surface area contributed by atoms with E-state index >= 15 is 0 Å². The summed E-state index contributed by atoms with van der Waals surface area (Å²) in [6.45, 7) is 6.82. The van der Waals surface area contributed by atoms with E-state index in [9.17, 15) is 4.79 Å². The smallest absolute Gasteiger partial charge is 0.253 e. The Kier molecular flexibility index (Phi) is 6.84. The molecule has 1 aliphatic rings. The second-order valence-electron chi connectivity index (χ2n) is 6.34. The van der Waals surface area contributed by atoms with Crippen LogP contribution in [0.1, 0.15) is 56.3 Å². The highest BCUT2D eigenvalue weighted by Crippen LogP contribution is 2.24. The van der Waals surface area contributed by atoms with Gasteiger partial charge in [0.1, 0.15) is 5.82 Å². The number of hydrogen-bond donors (Lipinski definition) is 2. The minimum absolute atomic E-state index is 0.0343. The topological polar surface area (TPSA) is 71.2 Å². The molecule has 0 aliphatic heterocycles. The molecule has 1 saturated carbocycles. The monoisotopic (exact) mass is 318 g/mol. The molecule has 23 heavy (non-hydrogen) atoms. The summed E-state index contributed by atoms with van der Waals surface area (Å²) in [5, 5.41) is 3.15. The maximum absolute atomic E-state index is 12.4. The van der Waals surface area contributed by atoms with E-state index in [2.05, 4.69) is 29.0 Å². The maximum atomic E-state index is 12.4. The first-order valence-electron chi connectivity index (χ1n) is 8.91. The van der Waals surface area contributed by atoms with Crippen LogP contribution < -0.4 is 16.0 Å². The predicted octanol–water partition coefficient (Wildman–Crippen LogP) is 2.57. The van der Waals surface area contributed by atoms with Gasteiger partial charge in [-0.15, -0.1) is 0 Å². The lowest BCUT2D eigenvalue weighted by Gasteiger charge is -2.31. The molecule has 0 saturated heterocycles. The largest absolute Gasteiger partial charge is 0.357 e. The van der Waals surface area contributed by atoms with Gasteiger partial charge in [-0.3, -0.25) is 4.79 Å². The molecule has 128 valence electrons. The molecule has 1 fully saturated rings. The van der Waals surface area contributed by atoms with E-state index in [0.29, 0.717) is 18.0 Å². The first-order chi connectivity index (χ1) is 11.2. The lowest BCUT2D eigenvalue weighted by molar-refractivity contribution is 0.0907. The van der Waals surface area contributed by atoms with E-state index in [0.717, 1.165) is 38.2 Å². The quantitative estimate of drug-likeness (QED) is 0.810. The van der Waals surface area contributed by atoms with E-state index < -0.39 is 0 Å². The molecule has 5 nitrogen and oxygen atoms in total. The van der Waals surface area contributed by atoms with Crippen LogP contribution in [0.4, 0.5) is 5.82 Å². The number of anilines is 1. The summed E-state index contributed by atoms with van der Waals surface area (Å²) in [5.74, 6) is 1.30. The standard InChI is InChI=1S/C18H30N4O/c1-3-11-22(4-2)17-10-9-15(13-20-17)18(23)21-16-8-6-5-7-14(16)12-19/h9-10,13-14,16H,3-8,11-12,19H2,1-2H3,(H,21,23). The van der Waals surface area contributed by atoms with Gasteiger partial charge in [-0.05, 0) is 50.8 Å². The van der Waals surface area contributed by atoms with Crippen LogP contribution in [-0.4, -0.2) is 36.6 Å². The van der Waals surface area contributed by atoms with Gasteiger partial charge in [0.2, 0.25) is 0 Å². The zero-order valence-electron chi connectivity index (χ0n) is 14.4. The maximum Gasteiger partial charge on any atom is 0.253 e. The molecule has 1 aromatic heterocycles. The molecule has 2 unspecified atom stereocenters. The fourth-order valence-corrected chi connectivity index (χ4v) is 3.34. The minimum Gasteiger partial charge on any atom is -0.357 e. The number of nitrogens with two attached hydrogens (primary N) is 1. The number of carbonyl (C=O) groups excluding carboxylic acids is 1. The zero-order chi connectivity index (χ0) is 16.7. The number of carbonyl (C=O) groups is 1. The van der Waals surface area contributed by atoms with Crippen LogP contribution in [0, 0.1) is 5.92 Å². The molecular formula is C18H30N4O. The number of amides is 1. The van der Waals surface area contributed by atoms with Crippen LogP contribution >= 0.6 is 0 Å². The van der Waals surface area contributed by atoms with E-state index in [1.807, 2.05) is 12.1 Å². The number of pyridine rings is 1. The van der Waals surface area contributed by atoms with Crippen LogP contribution in [0.25, 0.3) is 0 Å². The zero-order valence-corrected chi connectivity index (χ0v) is 14.4. The Balaban J connectivity index is 1.99. The van der Waals surface area contributed by atoms with Gasteiger partial charge >= 0.3 is 0 Å². The number of hydrogen-bond acceptors (Lipinski definition) is 4. The summed E-state index contributed by atoms with van der Waals surface area (Å²) >= 11 is 0. The van der Waals surface area contributed by atoms with Crippen LogP contribution in [0.15, 0.2) is 18.3 Å². The van der Waals surface area contributed by atoms with Crippen molar-refractivity contribution in [1.82, 2.24) is 10.3 Å². The second kappa shape index (κ2) is 8.87. The van der Waals surface area contributed by atoms with Crippen molar-refractivity contribution in [3.63, 3.8) is 0 Å². The number of rotatable bonds is 7. The Labute approximate surface area is 139 Å². The lowest BCUT2D eigenvalue weighted by Crippen LogP contribution is -2.44. The summed E-state index contributed by atoms with van der Waals surface area (Å²) in [6.07, 6.45) is 7.29. The Hall–Kier alpha value is -1.62. The molecule has 1 heterocycles. The summed E-state index contributed by atoms with van der Waals surface area (Å²) < 4.78 is 0. The summed E-state index contributed by atoms with van der Waals surface area (Å²) in [5.41, 5.74) is 6.46. The van der Waals surface area contributed by atoms with Gasteiger partial charge in [0.05, 0.1) is 5.56 Å². The third-order valence-electron chi connectivity index (χ3n) is 4.74. The van der Waals surface area contributed by atoms with Crippen molar-refractivity contribution >= 4 is 11.7 Å². The highest BCUT2D eigenvalue weighted by molar-refractivity contribution is 5.94. The Morgan fingerprint density at radius 3 is 2.74 bits per heavy atom. The van der Waals surface area contributed by atoms with Gasteiger partial charge in [-0.1, -0.05) is 19.8 Å². The normalized spacial score (nSPS) is 21.0. The van der Waals surface area contributed by atoms with Gasteiger partial charge in [-0.25, -0.2) is 4.98 Å². The molecule has 0 aromatic carbocycles. The van der Waals surface area contributed by atoms with Gasteiger partial charge in [-0.2, -0.15) is 0 Å². The Bertz CT molecular complexity index is 488. The van der Waals surface area contributed by atoms with Gasteiger partial charge in [0, 0.05) is 25.3 Å². The van der Waals surface area contributed by atoms with Crippen LogP contribution in [-0.2, 0) is 0 Å². The summed E-state index contributed by atoms with van der Waals surface area (Å²) in [7, 11) is 0. The number of aromatic nitrogens is 1. The van der Waals surface area contributed by atoms with Gasteiger partial charge < -0.3 is 16.0 Å². The van der Waals surface area contributed by atoms with Crippen molar-refractivity contribution in [3.8, 4) is 0 Å². The first kappa shape index (κ1) is 17.7. The molecule has 1 aromatic rings. The van der Waals surface area contributed by atoms with E-state index in [4.69, 9.17) is 5.73 Å². The molecule has 0 spiro atoms. The third kappa shape index (κ3) is 4.67. The van der Waals surface area contributed by atoms with Crippen molar-refractivity contribution in [2.45, 2.75) is 52.0 Å². The van der Waals surface area contributed by atoms with Gasteiger partial charge in [0.25, 0.3) is 5.91 Å². The molecule has 3 N–H and O–H groups in total. The predicted molar refractivity (Wildman–Crippen MR) is 94.7 cm³/mol. The van der Waals surface area contributed by atoms with Crippen molar-refractivity contribution in [1.29, 1.82) is 0 Å². The Morgan fingerprint density at radius 2 is 2.13 bits per heavy atom. The van der Waals surface area contributed by atoms with Crippen molar-refractivity contribution in [2.75, 3.05) is 24.5 Å². The number of nitrogens with zero attached hydrogens (tertiary/aromatic N) is 2. The molecule has 2 atom stereocenters. The van der Waals surface area contributed by atoms with Crippen molar-refractivity contribution < 1.29 is 4.79 Å². The van der Waals surface area contributed by atoms with E-state index in [-0.39, 0.29) is 11.9 Å². The molecule has 0 radical (unpaired) electrons. The van der Waals surface area contributed by atoms with Crippen LogP contribution in [0.5, 0.6) is 0 Å². The van der Waals surface area contributed by atoms with Crippen LogP contribution in [0.3, 0.4) is 0 Å². The molecule has 0 bridgehead atoms. The second-order valence-corrected chi connectivity index (χ2v) is 6.34. The summed E-state index contributed by atoms with van der Waals surface area (Å²) in [4.78, 5) is 19.1. The van der Waals surface area contributed by atoms with Crippen molar-refractivity contribution in [2.24, 2.45) is 11.7 Å². The van der Waals surface area contributed by atoms with Crippen molar-refractivity contribution in [3.05, 3.63) is 23.9 Å². The average Bonchev–Trinajstić information content (AvgIpc) is 2.60. The molecule has 1 aliphatic carbocycles. The molecule has 2 rings (SSSR count). The lowest BCUT2D eigenvalue weighted by atomic mass is 9.84. The highest BCUT2D eigenvalue weighted by atomic mass is 16.1. The summed E-state index contributed by atoms with van der Waals surface area (Å²) in [6, 6.07) is 4.01. The number of nitrogens with one attached hydrogen (secondary N) is 1. The molecular weight excluding hydrogens is 288 g/mol. The molecule has 1 amide bonds.